The molecule has 1 aromatic heterocycles. The second kappa shape index (κ2) is 8.96. The minimum Gasteiger partial charge on any atom is -0.497 e. The van der Waals surface area contributed by atoms with Crippen LogP contribution in [-0.4, -0.2) is 40.7 Å². The maximum absolute atomic E-state index is 12.8. The Hall–Kier alpha value is -3.45. The number of hydrogen-bond acceptors (Lipinski definition) is 6. The highest BCUT2D eigenvalue weighted by Gasteiger charge is 2.37. The highest BCUT2D eigenvalue weighted by atomic mass is 35.5. The van der Waals surface area contributed by atoms with E-state index in [4.69, 9.17) is 26.1 Å². The van der Waals surface area contributed by atoms with Gasteiger partial charge in [-0.1, -0.05) is 29.8 Å². The summed E-state index contributed by atoms with van der Waals surface area (Å²) < 4.78 is 12.5. The summed E-state index contributed by atoms with van der Waals surface area (Å²) >= 11 is 6.13. The van der Waals surface area contributed by atoms with Crippen molar-refractivity contribution in [2.45, 2.75) is 19.4 Å². The first-order valence-electron chi connectivity index (χ1n) is 10.1. The number of aliphatic imine (C=N–C) groups is 1. The summed E-state index contributed by atoms with van der Waals surface area (Å²) in [5, 5.41) is 9.33. The Kier molecular flexibility index (Phi) is 6.10. The number of allylic oxidation sites excluding steroid dienone is 1. The van der Waals surface area contributed by atoms with Crippen molar-refractivity contribution < 1.29 is 14.3 Å². The molecule has 0 aliphatic carbocycles. The molecule has 8 heteroatoms. The zero-order chi connectivity index (χ0) is 22.8. The number of esters is 1. The molecule has 0 saturated heterocycles. The number of fused-ring (bicyclic) bond motifs is 3. The van der Waals surface area contributed by atoms with Crippen LogP contribution in [0.1, 0.15) is 35.2 Å². The van der Waals surface area contributed by atoms with Gasteiger partial charge in [-0.2, -0.15) is 0 Å². The molecule has 2 atom stereocenters. The molecule has 0 spiro atoms. The van der Waals surface area contributed by atoms with Crippen LogP contribution in [0, 0.1) is 12.8 Å². The van der Waals surface area contributed by atoms with Gasteiger partial charge >= 0.3 is 5.97 Å². The number of methoxy groups -OCH3 is 2. The number of nitrogens with zero attached hydrogens (tertiary/aromatic N) is 4. The molecule has 2 aromatic carbocycles. The van der Waals surface area contributed by atoms with Gasteiger partial charge in [0.25, 0.3) is 0 Å². The van der Waals surface area contributed by atoms with Gasteiger partial charge in [-0.25, -0.2) is 0 Å². The fraction of sp³-hybridized carbons (Fsp3) is 0.250. The first kappa shape index (κ1) is 21.8. The molecule has 0 saturated carbocycles. The van der Waals surface area contributed by atoms with Crippen LogP contribution in [0.2, 0.25) is 5.02 Å². The third-order valence-electron chi connectivity index (χ3n) is 5.51. The van der Waals surface area contributed by atoms with Crippen molar-refractivity contribution in [1.82, 2.24) is 14.8 Å². The molecule has 0 amide bonds. The number of halogens is 1. The summed E-state index contributed by atoms with van der Waals surface area (Å²) in [6.45, 7) is 5.68. The molecule has 4 rings (SSSR count). The normalized spacial score (nSPS) is 15.6. The van der Waals surface area contributed by atoms with E-state index in [0.29, 0.717) is 34.6 Å². The first-order chi connectivity index (χ1) is 15.5. The van der Waals surface area contributed by atoms with Crippen LogP contribution in [0.15, 0.2) is 60.1 Å². The third-order valence-corrected chi connectivity index (χ3v) is 5.76. The average molecular weight is 451 g/mol. The molecule has 1 aliphatic heterocycles. The lowest BCUT2D eigenvalue weighted by molar-refractivity contribution is -0.146. The van der Waals surface area contributed by atoms with Gasteiger partial charge < -0.3 is 9.47 Å². The molecule has 32 heavy (non-hydrogen) atoms. The number of carbonyl (C=O) groups is 1. The van der Waals surface area contributed by atoms with Crippen LogP contribution < -0.4 is 4.74 Å². The van der Waals surface area contributed by atoms with Crippen molar-refractivity contribution in [2.75, 3.05) is 14.2 Å². The molecule has 0 N–H and O–H groups in total. The minimum atomic E-state index is -0.634. The van der Waals surface area contributed by atoms with Crippen LogP contribution in [-0.2, 0) is 9.53 Å². The standard InChI is InChI=1S/C24H23ClN4O3/c1-5-6-19(24(30)32-4)22-23-28-27-14(2)29(23)20-13-17(31-3)11-12-18(20)21(26-22)15-7-9-16(25)10-8-15/h5,7-13,19,22H,1,6H2,2-4H3/t19-,22+/m1/s1. The van der Waals surface area contributed by atoms with Crippen molar-refractivity contribution in [3.63, 3.8) is 0 Å². The Morgan fingerprint density at radius 3 is 2.62 bits per heavy atom. The molecule has 7 nitrogen and oxygen atoms in total. The van der Waals surface area contributed by atoms with Gasteiger partial charge in [0, 0.05) is 22.2 Å². The monoisotopic (exact) mass is 450 g/mol. The van der Waals surface area contributed by atoms with Crippen molar-refractivity contribution in [2.24, 2.45) is 10.9 Å². The Morgan fingerprint density at radius 1 is 1.22 bits per heavy atom. The van der Waals surface area contributed by atoms with Gasteiger partial charge in [-0.15, -0.1) is 16.8 Å². The predicted octanol–water partition coefficient (Wildman–Crippen LogP) is 4.50. The van der Waals surface area contributed by atoms with E-state index >= 15 is 0 Å². The highest BCUT2D eigenvalue weighted by molar-refractivity contribution is 6.30. The smallest absolute Gasteiger partial charge is 0.311 e. The minimum absolute atomic E-state index is 0.375. The van der Waals surface area contributed by atoms with Crippen LogP contribution in [0.4, 0.5) is 0 Å². The largest absolute Gasteiger partial charge is 0.497 e. The number of carbonyl (C=O) groups excluding carboxylic acids is 1. The summed E-state index contributed by atoms with van der Waals surface area (Å²) in [6.07, 6.45) is 2.06. The molecule has 0 radical (unpaired) electrons. The second-order valence-corrected chi connectivity index (χ2v) is 7.84. The molecule has 0 bridgehead atoms. The lowest BCUT2D eigenvalue weighted by atomic mass is 9.95. The third kappa shape index (κ3) is 3.80. The zero-order valence-electron chi connectivity index (χ0n) is 18.1. The van der Waals surface area contributed by atoms with E-state index < -0.39 is 12.0 Å². The summed E-state index contributed by atoms with van der Waals surface area (Å²) in [7, 11) is 2.99. The van der Waals surface area contributed by atoms with E-state index in [2.05, 4.69) is 16.8 Å². The average Bonchev–Trinajstić information content (AvgIpc) is 3.12. The van der Waals surface area contributed by atoms with Gasteiger partial charge in [0.2, 0.25) is 0 Å². The molecule has 1 aliphatic rings. The maximum atomic E-state index is 12.8. The summed E-state index contributed by atoms with van der Waals surface area (Å²) in [6, 6.07) is 12.6. The van der Waals surface area contributed by atoms with Gasteiger partial charge in [-0.05, 0) is 37.6 Å². The number of aromatic nitrogens is 3. The molecule has 0 unspecified atom stereocenters. The second-order valence-electron chi connectivity index (χ2n) is 7.41. The van der Waals surface area contributed by atoms with Crippen molar-refractivity contribution >= 4 is 23.3 Å². The summed E-state index contributed by atoms with van der Waals surface area (Å²) in [5.74, 6) is 0.919. The lowest BCUT2D eigenvalue weighted by Crippen LogP contribution is -2.24. The molecule has 3 aromatic rings. The number of ether oxygens (including phenoxy) is 2. The molecular weight excluding hydrogens is 428 g/mol. The fourth-order valence-corrected chi connectivity index (χ4v) is 4.08. The Labute approximate surface area is 191 Å². The Balaban J connectivity index is 2.04. The highest BCUT2D eigenvalue weighted by Crippen LogP contribution is 2.37. The first-order valence-corrected chi connectivity index (χ1v) is 10.5. The van der Waals surface area contributed by atoms with E-state index in [1.54, 1.807) is 13.2 Å². The molecular formula is C24H23ClN4O3. The number of hydrogen-bond donors (Lipinski definition) is 0. The van der Waals surface area contributed by atoms with Crippen molar-refractivity contribution in [3.8, 4) is 11.4 Å². The van der Waals surface area contributed by atoms with E-state index in [1.165, 1.54) is 7.11 Å². The van der Waals surface area contributed by atoms with Crippen LogP contribution >= 0.6 is 11.6 Å². The zero-order valence-corrected chi connectivity index (χ0v) is 18.8. The van der Waals surface area contributed by atoms with Crippen LogP contribution in [0.25, 0.3) is 5.69 Å². The van der Waals surface area contributed by atoms with Gasteiger partial charge in [0.1, 0.15) is 17.6 Å². The number of benzene rings is 2. The van der Waals surface area contributed by atoms with Crippen molar-refractivity contribution in [3.05, 3.63) is 82.9 Å². The van der Waals surface area contributed by atoms with Crippen LogP contribution in [0.3, 0.4) is 0 Å². The van der Waals surface area contributed by atoms with Crippen LogP contribution in [0.5, 0.6) is 5.75 Å². The number of aryl methyl sites for hydroxylation is 1. The SMILES string of the molecule is C=CC[C@@H](C(=O)OC)[C@@H]1N=C(c2ccc(Cl)cc2)c2ccc(OC)cc2-n2c(C)nnc21. The quantitative estimate of drug-likeness (QED) is 0.408. The molecule has 2 heterocycles. The predicted molar refractivity (Wildman–Crippen MR) is 123 cm³/mol. The summed E-state index contributed by atoms with van der Waals surface area (Å²) in [5.41, 5.74) is 3.26. The van der Waals surface area contributed by atoms with E-state index in [1.807, 2.05) is 54.0 Å². The van der Waals surface area contributed by atoms with Gasteiger partial charge in [0.15, 0.2) is 5.82 Å². The van der Waals surface area contributed by atoms with Crippen molar-refractivity contribution in [1.29, 1.82) is 0 Å². The topological polar surface area (TPSA) is 78.6 Å². The Morgan fingerprint density at radius 2 is 1.97 bits per heavy atom. The number of rotatable bonds is 6. The fourth-order valence-electron chi connectivity index (χ4n) is 3.95. The van der Waals surface area contributed by atoms with E-state index in [0.717, 1.165) is 16.8 Å². The Bertz CT molecular complexity index is 1200. The van der Waals surface area contributed by atoms with Gasteiger partial charge in [0.05, 0.1) is 31.5 Å². The summed E-state index contributed by atoms with van der Waals surface area (Å²) in [4.78, 5) is 17.8. The van der Waals surface area contributed by atoms with E-state index in [-0.39, 0.29) is 5.97 Å². The van der Waals surface area contributed by atoms with E-state index in [9.17, 15) is 4.79 Å². The lowest BCUT2D eigenvalue weighted by Gasteiger charge is -2.20. The molecule has 0 fully saturated rings. The molecule has 164 valence electrons. The maximum Gasteiger partial charge on any atom is 0.311 e. The van der Waals surface area contributed by atoms with Gasteiger partial charge in [-0.3, -0.25) is 14.4 Å².